The predicted molar refractivity (Wildman–Crippen MR) is 97.8 cm³/mol. The smallest absolute Gasteiger partial charge is 0.244 e. The lowest BCUT2D eigenvalue weighted by molar-refractivity contribution is -0.136. The molecule has 0 spiro atoms. The summed E-state index contributed by atoms with van der Waals surface area (Å²) in [5, 5.41) is 4.19. The highest BCUT2D eigenvalue weighted by Crippen LogP contribution is 2.26. The van der Waals surface area contributed by atoms with E-state index >= 15 is 0 Å². The van der Waals surface area contributed by atoms with E-state index in [0.717, 1.165) is 35.7 Å². The summed E-state index contributed by atoms with van der Waals surface area (Å²) >= 11 is 1.96. The van der Waals surface area contributed by atoms with Crippen LogP contribution in [0.25, 0.3) is 0 Å². The number of benzene rings is 1. The van der Waals surface area contributed by atoms with Crippen LogP contribution in [0, 0.1) is 0 Å². The Morgan fingerprint density at radius 1 is 1.29 bits per heavy atom. The average Bonchev–Trinajstić information content (AvgIpc) is 3.02. The molecular weight excluding hydrogens is 320 g/mol. The molecule has 1 saturated heterocycles. The first-order valence-corrected chi connectivity index (χ1v) is 9.40. The number of likely N-dealkylation sites (N-methyl/N-ethyl adjacent to an activating group) is 1. The van der Waals surface area contributed by atoms with Crippen LogP contribution < -0.4 is 0 Å². The summed E-state index contributed by atoms with van der Waals surface area (Å²) in [4.78, 5) is 17.3. The summed E-state index contributed by atoms with van der Waals surface area (Å²) in [5.41, 5.74) is 2.13. The molecule has 1 fully saturated rings. The fourth-order valence-corrected chi connectivity index (χ4v) is 4.03. The van der Waals surface area contributed by atoms with Crippen molar-refractivity contribution in [1.29, 1.82) is 0 Å². The summed E-state index contributed by atoms with van der Waals surface area (Å²) in [6.07, 6.45) is 3.78. The van der Waals surface area contributed by atoms with Crippen LogP contribution in [0.4, 0.5) is 0 Å². The Morgan fingerprint density at radius 3 is 2.62 bits per heavy atom. The van der Waals surface area contributed by atoms with E-state index in [1.807, 2.05) is 61.3 Å². The van der Waals surface area contributed by atoms with E-state index in [4.69, 9.17) is 0 Å². The number of nitrogens with zero attached hydrogens (tertiary/aromatic N) is 4. The van der Waals surface area contributed by atoms with Gasteiger partial charge in [-0.3, -0.25) is 14.4 Å². The number of thioether (sulfide) groups is 1. The number of aryl methyl sites for hydroxylation is 1. The van der Waals surface area contributed by atoms with E-state index in [0.29, 0.717) is 6.54 Å². The molecule has 1 amide bonds. The number of carbonyl (C=O) groups is 1. The van der Waals surface area contributed by atoms with E-state index in [2.05, 4.69) is 22.1 Å². The van der Waals surface area contributed by atoms with Gasteiger partial charge in [-0.05, 0) is 5.56 Å². The highest BCUT2D eigenvalue weighted by molar-refractivity contribution is 7.99. The summed E-state index contributed by atoms with van der Waals surface area (Å²) < 4.78 is 1.77. The van der Waals surface area contributed by atoms with Crippen LogP contribution in [0.3, 0.4) is 0 Å². The molecule has 1 aliphatic rings. The van der Waals surface area contributed by atoms with Gasteiger partial charge >= 0.3 is 0 Å². The molecule has 128 valence electrons. The van der Waals surface area contributed by atoms with Crippen LogP contribution in [0.1, 0.15) is 17.2 Å². The van der Waals surface area contributed by atoms with Crippen molar-refractivity contribution in [3.63, 3.8) is 0 Å². The van der Waals surface area contributed by atoms with E-state index in [1.54, 1.807) is 4.68 Å². The van der Waals surface area contributed by atoms with Crippen molar-refractivity contribution in [1.82, 2.24) is 19.6 Å². The molecule has 1 aliphatic heterocycles. The molecule has 0 bridgehead atoms. The lowest BCUT2D eigenvalue weighted by atomic mass is 10.0. The minimum Gasteiger partial charge on any atom is -0.340 e. The molecule has 3 rings (SSSR count). The maximum atomic E-state index is 13.2. The van der Waals surface area contributed by atoms with Gasteiger partial charge in [0.15, 0.2) is 0 Å². The Labute approximate surface area is 147 Å². The Balaban J connectivity index is 1.79. The van der Waals surface area contributed by atoms with Crippen LogP contribution in [0.2, 0.25) is 0 Å². The van der Waals surface area contributed by atoms with Gasteiger partial charge in [0.05, 0.1) is 6.20 Å². The maximum absolute atomic E-state index is 13.2. The lowest BCUT2D eigenvalue weighted by Crippen LogP contribution is -2.44. The average molecular weight is 344 g/mol. The number of amides is 1. The van der Waals surface area contributed by atoms with Crippen molar-refractivity contribution in [2.45, 2.75) is 12.6 Å². The van der Waals surface area contributed by atoms with E-state index in [1.165, 1.54) is 0 Å². The third-order valence-corrected chi connectivity index (χ3v) is 5.26. The number of aromatic nitrogens is 2. The largest absolute Gasteiger partial charge is 0.340 e. The van der Waals surface area contributed by atoms with Crippen LogP contribution in [-0.4, -0.2) is 57.1 Å². The Bertz CT molecular complexity index is 667. The van der Waals surface area contributed by atoms with Crippen molar-refractivity contribution in [3.05, 3.63) is 53.9 Å². The zero-order valence-corrected chi connectivity index (χ0v) is 15.1. The molecule has 24 heavy (non-hydrogen) atoms. The molecule has 2 heterocycles. The number of hydrogen-bond donors (Lipinski definition) is 0. The normalized spacial score (nSPS) is 16.8. The van der Waals surface area contributed by atoms with Crippen LogP contribution in [-0.2, 0) is 18.4 Å². The Morgan fingerprint density at radius 2 is 2.00 bits per heavy atom. The number of carbonyl (C=O) groups excluding carboxylic acids is 1. The minimum atomic E-state index is -0.200. The van der Waals surface area contributed by atoms with Gasteiger partial charge in [-0.15, -0.1) is 0 Å². The van der Waals surface area contributed by atoms with Crippen LogP contribution in [0.5, 0.6) is 0 Å². The molecule has 5 nitrogen and oxygen atoms in total. The first kappa shape index (κ1) is 17.0. The maximum Gasteiger partial charge on any atom is 0.244 e. The third-order valence-electron chi connectivity index (χ3n) is 4.31. The molecule has 0 aliphatic carbocycles. The van der Waals surface area contributed by atoms with Crippen LogP contribution in [0.15, 0.2) is 42.7 Å². The van der Waals surface area contributed by atoms with Gasteiger partial charge < -0.3 is 4.90 Å². The van der Waals surface area contributed by atoms with Gasteiger partial charge in [-0.25, -0.2) is 0 Å². The highest BCUT2D eigenvalue weighted by Gasteiger charge is 2.31. The summed E-state index contributed by atoms with van der Waals surface area (Å²) in [6, 6.07) is 9.93. The minimum absolute atomic E-state index is 0.150. The molecule has 0 unspecified atom stereocenters. The van der Waals surface area contributed by atoms with E-state index < -0.39 is 0 Å². The summed E-state index contributed by atoms with van der Waals surface area (Å²) in [5.74, 6) is 2.32. The first-order valence-electron chi connectivity index (χ1n) is 8.24. The summed E-state index contributed by atoms with van der Waals surface area (Å²) in [6.45, 7) is 2.49. The number of rotatable bonds is 5. The van der Waals surface area contributed by atoms with Crippen molar-refractivity contribution in [2.75, 3.05) is 31.6 Å². The third kappa shape index (κ3) is 3.99. The van der Waals surface area contributed by atoms with Gasteiger partial charge in [0.1, 0.15) is 6.04 Å². The molecule has 1 aromatic heterocycles. The zero-order valence-electron chi connectivity index (χ0n) is 14.3. The van der Waals surface area contributed by atoms with Crippen molar-refractivity contribution >= 4 is 17.7 Å². The SMILES string of the molecule is CN(Cc1cnn(C)c1)C(=O)[C@@H](c1ccccc1)N1CCSCC1. The highest BCUT2D eigenvalue weighted by atomic mass is 32.2. The molecule has 0 N–H and O–H groups in total. The van der Waals surface area contributed by atoms with Crippen molar-refractivity contribution in [2.24, 2.45) is 7.05 Å². The molecule has 1 aromatic carbocycles. The van der Waals surface area contributed by atoms with E-state index in [9.17, 15) is 4.79 Å². The van der Waals surface area contributed by atoms with E-state index in [-0.39, 0.29) is 11.9 Å². The molecule has 2 aromatic rings. The second-order valence-corrected chi connectivity index (χ2v) is 7.40. The standard InChI is InChI=1S/C18H24N4OS/c1-20(13-15-12-19-21(2)14-15)18(23)17(16-6-4-3-5-7-16)22-8-10-24-11-9-22/h3-7,12,14,17H,8-11,13H2,1-2H3/t17-/m1/s1. The van der Waals surface area contributed by atoms with Gasteiger partial charge in [0.25, 0.3) is 0 Å². The van der Waals surface area contributed by atoms with Crippen molar-refractivity contribution in [3.8, 4) is 0 Å². The molecular formula is C18H24N4OS. The fraction of sp³-hybridized carbons (Fsp3) is 0.444. The van der Waals surface area contributed by atoms with Gasteiger partial charge in [0.2, 0.25) is 5.91 Å². The molecule has 6 heteroatoms. The Kier molecular flexibility index (Phi) is 5.58. The molecule has 0 saturated carbocycles. The second kappa shape index (κ2) is 7.85. The predicted octanol–water partition coefficient (Wildman–Crippen LogP) is 2.17. The Hall–Kier alpha value is -1.79. The second-order valence-electron chi connectivity index (χ2n) is 6.18. The summed E-state index contributed by atoms with van der Waals surface area (Å²) in [7, 11) is 3.77. The number of hydrogen-bond acceptors (Lipinski definition) is 4. The van der Waals surface area contributed by atoms with Crippen LogP contribution >= 0.6 is 11.8 Å². The first-order chi connectivity index (χ1) is 11.6. The van der Waals surface area contributed by atoms with Gasteiger partial charge in [-0.2, -0.15) is 16.9 Å². The molecule has 0 radical (unpaired) electrons. The monoisotopic (exact) mass is 344 g/mol. The quantitative estimate of drug-likeness (QED) is 0.834. The fourth-order valence-electron chi connectivity index (χ4n) is 3.09. The lowest BCUT2D eigenvalue weighted by Gasteiger charge is -2.35. The van der Waals surface area contributed by atoms with Crippen molar-refractivity contribution < 1.29 is 4.79 Å². The van der Waals surface area contributed by atoms with Gasteiger partial charge in [0, 0.05) is 57.0 Å². The van der Waals surface area contributed by atoms with Gasteiger partial charge in [-0.1, -0.05) is 30.3 Å². The zero-order chi connectivity index (χ0) is 16.9. The topological polar surface area (TPSA) is 41.4 Å². The molecule has 1 atom stereocenters.